The van der Waals surface area contributed by atoms with Crippen molar-refractivity contribution < 1.29 is 9.90 Å². The first-order valence-corrected chi connectivity index (χ1v) is 7.91. The molecule has 1 aromatic rings. The van der Waals surface area contributed by atoms with Crippen molar-refractivity contribution in [3.05, 3.63) is 24.0 Å². The molecule has 1 fully saturated rings. The number of amides is 1. The fourth-order valence-corrected chi connectivity index (χ4v) is 2.98. The van der Waals surface area contributed by atoms with Gasteiger partial charge in [-0.05, 0) is 51.4 Å². The van der Waals surface area contributed by atoms with Crippen LogP contribution in [-0.4, -0.2) is 40.8 Å². The van der Waals surface area contributed by atoms with Crippen molar-refractivity contribution in [1.29, 1.82) is 0 Å². The zero-order valence-corrected chi connectivity index (χ0v) is 13.1. The zero-order chi connectivity index (χ0) is 15.3. The number of nitrogens with zero attached hydrogens (tertiary/aromatic N) is 1. The van der Waals surface area contributed by atoms with Gasteiger partial charge in [0, 0.05) is 18.8 Å². The van der Waals surface area contributed by atoms with Gasteiger partial charge in [-0.15, -0.1) is 0 Å². The van der Waals surface area contributed by atoms with E-state index in [9.17, 15) is 9.90 Å². The lowest BCUT2D eigenvalue weighted by atomic mass is 10.0. The van der Waals surface area contributed by atoms with E-state index in [1.165, 1.54) is 0 Å². The fraction of sp³-hybridized carbons (Fsp3) is 0.688. The average molecular weight is 293 g/mol. The lowest BCUT2D eigenvalue weighted by molar-refractivity contribution is 0.0467. The Morgan fingerprint density at radius 2 is 2.24 bits per heavy atom. The van der Waals surface area contributed by atoms with Crippen LogP contribution in [0, 0.1) is 0 Å². The summed E-state index contributed by atoms with van der Waals surface area (Å²) < 4.78 is 2.07. The standard InChI is InChI=1S/C16H27N3O2/c1-3-8-16(2,21)12-18-15(20)14-5-4-11-19(14)13-6-9-17-10-7-13/h4-5,11,13,17,21H,3,6-10,12H2,1-2H3,(H,18,20). The van der Waals surface area contributed by atoms with E-state index >= 15 is 0 Å². The van der Waals surface area contributed by atoms with Gasteiger partial charge in [0.15, 0.2) is 0 Å². The number of nitrogens with one attached hydrogen (secondary N) is 2. The number of aliphatic hydroxyl groups is 1. The quantitative estimate of drug-likeness (QED) is 0.748. The Kier molecular flexibility index (Phi) is 5.42. The van der Waals surface area contributed by atoms with Gasteiger partial charge < -0.3 is 20.3 Å². The van der Waals surface area contributed by atoms with E-state index in [0.717, 1.165) is 32.4 Å². The lowest BCUT2D eigenvalue weighted by Crippen LogP contribution is -2.41. The second kappa shape index (κ2) is 7.09. The maximum Gasteiger partial charge on any atom is 0.268 e. The van der Waals surface area contributed by atoms with Gasteiger partial charge in [-0.2, -0.15) is 0 Å². The van der Waals surface area contributed by atoms with E-state index < -0.39 is 5.60 Å². The fourth-order valence-electron chi connectivity index (χ4n) is 2.98. The van der Waals surface area contributed by atoms with Crippen molar-refractivity contribution in [2.45, 2.75) is 51.2 Å². The predicted octanol–water partition coefficient (Wildman–Crippen LogP) is 1.69. The second-order valence-electron chi connectivity index (χ2n) is 6.21. The number of piperidine rings is 1. The highest BCUT2D eigenvalue weighted by Crippen LogP contribution is 2.21. The molecule has 0 bridgehead atoms. The van der Waals surface area contributed by atoms with Crippen LogP contribution in [0.4, 0.5) is 0 Å². The van der Waals surface area contributed by atoms with Crippen LogP contribution in [0.5, 0.6) is 0 Å². The SMILES string of the molecule is CCCC(C)(O)CNC(=O)c1cccn1C1CCNCC1. The molecule has 3 N–H and O–H groups in total. The first kappa shape index (κ1) is 16.0. The van der Waals surface area contributed by atoms with Crippen LogP contribution in [-0.2, 0) is 0 Å². The van der Waals surface area contributed by atoms with Gasteiger partial charge >= 0.3 is 0 Å². The Morgan fingerprint density at radius 1 is 1.52 bits per heavy atom. The first-order valence-electron chi connectivity index (χ1n) is 7.91. The summed E-state index contributed by atoms with van der Waals surface area (Å²) in [7, 11) is 0. The van der Waals surface area contributed by atoms with Crippen LogP contribution < -0.4 is 10.6 Å². The van der Waals surface area contributed by atoms with Crippen molar-refractivity contribution in [2.75, 3.05) is 19.6 Å². The van der Waals surface area contributed by atoms with E-state index in [4.69, 9.17) is 0 Å². The minimum atomic E-state index is -0.837. The Labute approximate surface area is 126 Å². The number of hydrogen-bond donors (Lipinski definition) is 3. The summed E-state index contributed by atoms with van der Waals surface area (Å²) in [6.45, 7) is 6.07. The Balaban J connectivity index is 1.98. The normalized spacial score (nSPS) is 19.2. The molecule has 0 radical (unpaired) electrons. The highest BCUT2D eigenvalue weighted by molar-refractivity contribution is 5.92. The number of aromatic nitrogens is 1. The summed E-state index contributed by atoms with van der Waals surface area (Å²) in [4.78, 5) is 12.4. The minimum absolute atomic E-state index is 0.102. The highest BCUT2D eigenvalue weighted by atomic mass is 16.3. The molecule has 2 rings (SSSR count). The molecule has 1 saturated heterocycles. The van der Waals surface area contributed by atoms with Gasteiger partial charge in [0.25, 0.3) is 5.91 Å². The van der Waals surface area contributed by atoms with Crippen LogP contribution in [0.3, 0.4) is 0 Å². The maximum atomic E-state index is 12.4. The molecule has 1 aromatic heterocycles. The molecule has 21 heavy (non-hydrogen) atoms. The summed E-state index contributed by atoms with van der Waals surface area (Å²) in [5, 5.41) is 16.4. The highest BCUT2D eigenvalue weighted by Gasteiger charge is 2.23. The molecular weight excluding hydrogens is 266 g/mol. The lowest BCUT2D eigenvalue weighted by Gasteiger charge is -2.27. The molecule has 5 nitrogen and oxygen atoms in total. The third-order valence-corrected chi connectivity index (χ3v) is 4.13. The molecule has 2 heterocycles. The Hall–Kier alpha value is -1.33. The van der Waals surface area contributed by atoms with Crippen molar-refractivity contribution in [1.82, 2.24) is 15.2 Å². The smallest absolute Gasteiger partial charge is 0.268 e. The molecule has 0 aromatic carbocycles. The molecule has 5 heteroatoms. The number of carbonyl (C=O) groups is 1. The monoisotopic (exact) mass is 293 g/mol. The molecule has 0 spiro atoms. The molecular formula is C16H27N3O2. The van der Waals surface area contributed by atoms with E-state index in [-0.39, 0.29) is 12.5 Å². The number of rotatable bonds is 6. The average Bonchev–Trinajstić information content (AvgIpc) is 2.95. The van der Waals surface area contributed by atoms with Crippen molar-refractivity contribution >= 4 is 5.91 Å². The number of carbonyl (C=O) groups excluding carboxylic acids is 1. The third kappa shape index (κ3) is 4.32. The van der Waals surface area contributed by atoms with Crippen molar-refractivity contribution in [3.63, 3.8) is 0 Å². The van der Waals surface area contributed by atoms with Gasteiger partial charge in [-0.3, -0.25) is 4.79 Å². The van der Waals surface area contributed by atoms with E-state index in [1.807, 2.05) is 25.3 Å². The molecule has 1 aliphatic heterocycles. The van der Waals surface area contributed by atoms with Crippen LogP contribution in [0.1, 0.15) is 56.1 Å². The molecule has 1 unspecified atom stereocenters. The summed E-state index contributed by atoms with van der Waals surface area (Å²) in [6, 6.07) is 4.16. The minimum Gasteiger partial charge on any atom is -0.388 e. The van der Waals surface area contributed by atoms with Crippen molar-refractivity contribution in [2.24, 2.45) is 0 Å². The predicted molar refractivity (Wildman–Crippen MR) is 83.4 cm³/mol. The molecule has 0 aliphatic carbocycles. The Morgan fingerprint density at radius 3 is 2.90 bits per heavy atom. The molecule has 118 valence electrons. The van der Waals surface area contributed by atoms with Gasteiger partial charge in [0.05, 0.1) is 5.60 Å². The first-order chi connectivity index (χ1) is 10.0. The largest absolute Gasteiger partial charge is 0.388 e. The topological polar surface area (TPSA) is 66.3 Å². The van der Waals surface area contributed by atoms with Crippen LogP contribution in [0.15, 0.2) is 18.3 Å². The van der Waals surface area contributed by atoms with Crippen LogP contribution in [0.2, 0.25) is 0 Å². The third-order valence-electron chi connectivity index (χ3n) is 4.13. The number of hydrogen-bond acceptors (Lipinski definition) is 3. The van der Waals surface area contributed by atoms with E-state index in [1.54, 1.807) is 6.92 Å². The molecule has 1 atom stereocenters. The second-order valence-corrected chi connectivity index (χ2v) is 6.21. The molecule has 0 saturated carbocycles. The molecule has 1 amide bonds. The zero-order valence-electron chi connectivity index (χ0n) is 13.1. The maximum absolute atomic E-state index is 12.4. The Bertz CT molecular complexity index is 462. The summed E-state index contributed by atoms with van der Waals surface area (Å²) >= 11 is 0. The van der Waals surface area contributed by atoms with Crippen molar-refractivity contribution in [3.8, 4) is 0 Å². The van der Waals surface area contributed by atoms with Gasteiger partial charge in [0.2, 0.25) is 0 Å². The molecule has 1 aliphatic rings. The van der Waals surface area contributed by atoms with Crippen LogP contribution in [0.25, 0.3) is 0 Å². The van der Waals surface area contributed by atoms with Gasteiger partial charge in [-0.25, -0.2) is 0 Å². The summed E-state index contributed by atoms with van der Waals surface area (Å²) in [5.41, 5.74) is -0.148. The summed E-state index contributed by atoms with van der Waals surface area (Å²) in [5.74, 6) is -0.102. The summed E-state index contributed by atoms with van der Waals surface area (Å²) in [6.07, 6.45) is 5.65. The van der Waals surface area contributed by atoms with Gasteiger partial charge in [0.1, 0.15) is 5.69 Å². The van der Waals surface area contributed by atoms with E-state index in [2.05, 4.69) is 15.2 Å². The van der Waals surface area contributed by atoms with E-state index in [0.29, 0.717) is 18.2 Å². The van der Waals surface area contributed by atoms with Crippen LogP contribution >= 0.6 is 0 Å². The van der Waals surface area contributed by atoms with Gasteiger partial charge in [-0.1, -0.05) is 13.3 Å².